The highest BCUT2D eigenvalue weighted by Crippen LogP contribution is 2.39. The van der Waals surface area contributed by atoms with Crippen LogP contribution in [0, 0.1) is 17.8 Å². The molecule has 2 heteroatoms. The fourth-order valence-electron chi connectivity index (χ4n) is 3.95. The predicted octanol–water partition coefficient (Wildman–Crippen LogP) is 2.49. The summed E-state index contributed by atoms with van der Waals surface area (Å²) < 4.78 is 0. The van der Waals surface area contributed by atoms with Crippen molar-refractivity contribution in [2.45, 2.75) is 25.8 Å². The van der Waals surface area contributed by atoms with Crippen LogP contribution >= 0.6 is 0 Å². The Kier molecular flexibility index (Phi) is 3.67. The zero-order valence-electron chi connectivity index (χ0n) is 11.1. The van der Waals surface area contributed by atoms with E-state index in [-0.39, 0.29) is 0 Å². The Morgan fingerprint density at radius 3 is 2.72 bits per heavy atom. The van der Waals surface area contributed by atoms with E-state index in [1.807, 2.05) is 0 Å². The zero-order chi connectivity index (χ0) is 12.4. The molecule has 1 saturated heterocycles. The summed E-state index contributed by atoms with van der Waals surface area (Å²) in [4.78, 5) is 2.64. The Morgan fingerprint density at radius 1 is 1.11 bits per heavy atom. The normalized spacial score (nSPS) is 32.4. The first-order valence-corrected chi connectivity index (χ1v) is 7.33. The standard InChI is InChI=1S/C16H24N2/c17-9-14-7-4-8-15-11-18(12-16(14)15)10-13-5-2-1-3-6-13/h1-3,5-6,14-16H,4,7-12,17H2. The minimum atomic E-state index is 0.782. The molecule has 2 N–H and O–H groups in total. The van der Waals surface area contributed by atoms with Gasteiger partial charge in [0.1, 0.15) is 0 Å². The SMILES string of the molecule is NCC1CCCC2CN(Cc3ccccc3)CC12. The number of hydrogen-bond donors (Lipinski definition) is 1. The number of benzene rings is 1. The van der Waals surface area contributed by atoms with Gasteiger partial charge in [-0.05, 0) is 42.7 Å². The van der Waals surface area contributed by atoms with Crippen LogP contribution in [0.4, 0.5) is 0 Å². The molecule has 1 aliphatic carbocycles. The maximum absolute atomic E-state index is 5.94. The summed E-state index contributed by atoms with van der Waals surface area (Å²) in [5.74, 6) is 2.56. The molecule has 1 saturated carbocycles. The van der Waals surface area contributed by atoms with Crippen LogP contribution in [0.5, 0.6) is 0 Å². The number of fused-ring (bicyclic) bond motifs is 1. The van der Waals surface area contributed by atoms with E-state index in [9.17, 15) is 0 Å². The van der Waals surface area contributed by atoms with Crippen molar-refractivity contribution in [3.63, 3.8) is 0 Å². The van der Waals surface area contributed by atoms with Crippen LogP contribution in [0.2, 0.25) is 0 Å². The first-order chi connectivity index (χ1) is 8.86. The highest BCUT2D eigenvalue weighted by atomic mass is 15.2. The summed E-state index contributed by atoms with van der Waals surface area (Å²) in [6.45, 7) is 4.56. The molecule has 2 nitrogen and oxygen atoms in total. The molecular formula is C16H24N2. The second kappa shape index (κ2) is 5.41. The van der Waals surface area contributed by atoms with Crippen LogP contribution < -0.4 is 5.73 Å². The Labute approximate surface area is 110 Å². The highest BCUT2D eigenvalue weighted by molar-refractivity contribution is 5.14. The molecular weight excluding hydrogens is 220 g/mol. The molecule has 0 bridgehead atoms. The van der Waals surface area contributed by atoms with Gasteiger partial charge in [0.2, 0.25) is 0 Å². The van der Waals surface area contributed by atoms with Crippen LogP contribution in [-0.4, -0.2) is 24.5 Å². The van der Waals surface area contributed by atoms with E-state index >= 15 is 0 Å². The monoisotopic (exact) mass is 244 g/mol. The molecule has 1 heterocycles. The quantitative estimate of drug-likeness (QED) is 0.885. The van der Waals surface area contributed by atoms with Gasteiger partial charge in [0.25, 0.3) is 0 Å². The molecule has 1 aliphatic heterocycles. The van der Waals surface area contributed by atoms with Gasteiger partial charge in [0.05, 0.1) is 0 Å². The van der Waals surface area contributed by atoms with Crippen molar-refractivity contribution >= 4 is 0 Å². The van der Waals surface area contributed by atoms with Crippen LogP contribution in [0.3, 0.4) is 0 Å². The van der Waals surface area contributed by atoms with Gasteiger partial charge in [0, 0.05) is 19.6 Å². The summed E-state index contributed by atoms with van der Waals surface area (Å²) >= 11 is 0. The Hall–Kier alpha value is -0.860. The van der Waals surface area contributed by atoms with Crippen molar-refractivity contribution in [2.75, 3.05) is 19.6 Å². The molecule has 2 aliphatic rings. The number of nitrogens with zero attached hydrogens (tertiary/aromatic N) is 1. The molecule has 0 radical (unpaired) electrons. The molecule has 98 valence electrons. The van der Waals surface area contributed by atoms with Crippen molar-refractivity contribution in [3.05, 3.63) is 35.9 Å². The summed E-state index contributed by atoms with van der Waals surface area (Å²) in [7, 11) is 0. The molecule has 2 fully saturated rings. The lowest BCUT2D eigenvalue weighted by Gasteiger charge is -2.32. The van der Waals surface area contributed by atoms with Crippen LogP contribution in [-0.2, 0) is 6.54 Å². The molecule has 3 unspecified atom stereocenters. The molecule has 18 heavy (non-hydrogen) atoms. The van der Waals surface area contributed by atoms with Gasteiger partial charge in [-0.25, -0.2) is 0 Å². The van der Waals surface area contributed by atoms with Crippen LogP contribution in [0.15, 0.2) is 30.3 Å². The average Bonchev–Trinajstić information content (AvgIpc) is 2.82. The Bertz CT molecular complexity index is 376. The minimum Gasteiger partial charge on any atom is -0.330 e. The lowest BCUT2D eigenvalue weighted by Crippen LogP contribution is -2.32. The van der Waals surface area contributed by atoms with Crippen LogP contribution in [0.25, 0.3) is 0 Å². The summed E-state index contributed by atoms with van der Waals surface area (Å²) in [6, 6.07) is 10.9. The molecule has 3 atom stereocenters. The van der Waals surface area contributed by atoms with E-state index in [2.05, 4.69) is 35.2 Å². The first kappa shape index (κ1) is 12.2. The second-order valence-electron chi connectivity index (χ2n) is 6.03. The topological polar surface area (TPSA) is 29.3 Å². The van der Waals surface area contributed by atoms with Crippen molar-refractivity contribution in [1.82, 2.24) is 4.90 Å². The molecule has 3 rings (SSSR count). The smallest absolute Gasteiger partial charge is 0.0233 e. The van der Waals surface area contributed by atoms with Crippen molar-refractivity contribution in [2.24, 2.45) is 23.5 Å². The third-order valence-corrected chi connectivity index (χ3v) is 4.87. The van der Waals surface area contributed by atoms with Crippen LogP contribution in [0.1, 0.15) is 24.8 Å². The van der Waals surface area contributed by atoms with E-state index in [1.165, 1.54) is 37.9 Å². The summed E-state index contributed by atoms with van der Waals surface area (Å²) in [5, 5.41) is 0. The number of hydrogen-bond acceptors (Lipinski definition) is 2. The highest BCUT2D eigenvalue weighted by Gasteiger charge is 2.39. The Balaban J connectivity index is 1.64. The van der Waals surface area contributed by atoms with E-state index in [4.69, 9.17) is 5.73 Å². The predicted molar refractivity (Wildman–Crippen MR) is 75.1 cm³/mol. The van der Waals surface area contributed by atoms with Gasteiger partial charge in [-0.3, -0.25) is 4.90 Å². The zero-order valence-corrected chi connectivity index (χ0v) is 11.1. The van der Waals surface area contributed by atoms with Gasteiger partial charge < -0.3 is 5.73 Å². The lowest BCUT2D eigenvalue weighted by molar-refractivity contribution is 0.203. The minimum absolute atomic E-state index is 0.782. The summed E-state index contributed by atoms with van der Waals surface area (Å²) in [6.07, 6.45) is 4.17. The van der Waals surface area contributed by atoms with Crippen molar-refractivity contribution in [1.29, 1.82) is 0 Å². The van der Waals surface area contributed by atoms with Crippen molar-refractivity contribution in [3.8, 4) is 0 Å². The van der Waals surface area contributed by atoms with Crippen molar-refractivity contribution < 1.29 is 0 Å². The van der Waals surface area contributed by atoms with E-state index in [0.29, 0.717) is 0 Å². The molecule has 0 aromatic heterocycles. The van der Waals surface area contributed by atoms with E-state index in [1.54, 1.807) is 0 Å². The number of rotatable bonds is 3. The van der Waals surface area contributed by atoms with E-state index < -0.39 is 0 Å². The average molecular weight is 244 g/mol. The maximum atomic E-state index is 5.94. The fourth-order valence-corrected chi connectivity index (χ4v) is 3.95. The Morgan fingerprint density at radius 2 is 1.94 bits per heavy atom. The largest absolute Gasteiger partial charge is 0.330 e. The van der Waals surface area contributed by atoms with Gasteiger partial charge in [-0.15, -0.1) is 0 Å². The molecule has 0 spiro atoms. The first-order valence-electron chi connectivity index (χ1n) is 7.33. The third kappa shape index (κ3) is 2.45. The number of nitrogens with two attached hydrogens (primary N) is 1. The maximum Gasteiger partial charge on any atom is 0.0233 e. The fraction of sp³-hybridized carbons (Fsp3) is 0.625. The van der Waals surface area contributed by atoms with Gasteiger partial charge >= 0.3 is 0 Å². The molecule has 1 aromatic rings. The van der Waals surface area contributed by atoms with Gasteiger partial charge in [-0.2, -0.15) is 0 Å². The number of likely N-dealkylation sites (tertiary alicyclic amines) is 1. The summed E-state index contributed by atoms with van der Waals surface area (Å²) in [5.41, 5.74) is 7.38. The van der Waals surface area contributed by atoms with E-state index in [0.717, 1.165) is 30.8 Å². The van der Waals surface area contributed by atoms with Gasteiger partial charge in [-0.1, -0.05) is 36.8 Å². The second-order valence-corrected chi connectivity index (χ2v) is 6.03. The van der Waals surface area contributed by atoms with Gasteiger partial charge in [0.15, 0.2) is 0 Å². The lowest BCUT2D eigenvalue weighted by atomic mass is 9.74. The molecule has 0 amide bonds. The third-order valence-electron chi connectivity index (χ3n) is 4.87. The molecule has 1 aromatic carbocycles.